The van der Waals surface area contributed by atoms with Gasteiger partial charge < -0.3 is 5.11 Å². The lowest BCUT2D eigenvalue weighted by Gasteiger charge is -2.14. The Kier molecular flexibility index (Phi) is 4.37. The maximum atomic E-state index is 13.4. The summed E-state index contributed by atoms with van der Waals surface area (Å²) >= 11 is 1.17. The molecular formula is C15H17FN2O2S. The van der Waals surface area contributed by atoms with Crippen molar-refractivity contribution in [2.45, 2.75) is 31.2 Å². The normalized spacial score (nSPS) is 11.6. The van der Waals surface area contributed by atoms with Crippen LogP contribution < -0.4 is 0 Å². The number of aliphatic carboxylic acids is 1. The average Bonchev–Trinajstić information content (AvgIpc) is 2.80. The van der Waals surface area contributed by atoms with Crippen LogP contribution >= 0.6 is 11.8 Å². The van der Waals surface area contributed by atoms with Gasteiger partial charge in [-0.25, -0.2) is 9.07 Å². The zero-order valence-electron chi connectivity index (χ0n) is 12.1. The van der Waals surface area contributed by atoms with Crippen LogP contribution in [0.2, 0.25) is 0 Å². The predicted molar refractivity (Wildman–Crippen MR) is 80.6 cm³/mol. The third-order valence-electron chi connectivity index (χ3n) is 2.84. The Labute approximate surface area is 127 Å². The van der Waals surface area contributed by atoms with Gasteiger partial charge in [-0.05, 0) is 24.3 Å². The largest absolute Gasteiger partial charge is 0.481 e. The van der Waals surface area contributed by atoms with Gasteiger partial charge in [0.15, 0.2) is 0 Å². The van der Waals surface area contributed by atoms with Crippen LogP contribution in [0.3, 0.4) is 0 Å². The average molecular weight is 308 g/mol. The van der Waals surface area contributed by atoms with Crippen molar-refractivity contribution in [1.82, 2.24) is 9.78 Å². The lowest BCUT2D eigenvalue weighted by Crippen LogP contribution is -2.12. The molecule has 0 aliphatic heterocycles. The lowest BCUT2D eigenvalue weighted by molar-refractivity contribution is -0.133. The van der Waals surface area contributed by atoms with Crippen LogP contribution in [-0.2, 0) is 10.2 Å². The van der Waals surface area contributed by atoms with Gasteiger partial charge in [0.25, 0.3) is 0 Å². The smallest absolute Gasteiger partial charge is 0.313 e. The van der Waals surface area contributed by atoms with Gasteiger partial charge in [-0.2, -0.15) is 5.10 Å². The fraction of sp³-hybridized carbons (Fsp3) is 0.333. The third-order valence-corrected chi connectivity index (χ3v) is 3.82. The molecule has 0 spiro atoms. The van der Waals surface area contributed by atoms with Gasteiger partial charge in [-0.3, -0.25) is 4.79 Å². The second-order valence-corrected chi connectivity index (χ2v) is 6.69. The second kappa shape index (κ2) is 5.89. The first kappa shape index (κ1) is 15.6. The standard InChI is InChI=1S/C15H17FN2O2S/c1-15(2,3)12-8-13(21-9-14(19)20)18(17-12)11-6-4-5-10(16)7-11/h4-8H,9H2,1-3H3,(H,19,20). The van der Waals surface area contributed by atoms with Gasteiger partial charge in [0.05, 0.1) is 17.1 Å². The molecule has 1 heterocycles. The minimum Gasteiger partial charge on any atom is -0.481 e. The number of halogens is 1. The van der Waals surface area contributed by atoms with Crippen molar-refractivity contribution in [1.29, 1.82) is 0 Å². The summed E-state index contributed by atoms with van der Waals surface area (Å²) in [5, 5.41) is 14.0. The number of carboxylic acids is 1. The highest BCUT2D eigenvalue weighted by Gasteiger charge is 2.21. The lowest BCUT2D eigenvalue weighted by atomic mass is 9.93. The van der Waals surface area contributed by atoms with E-state index in [2.05, 4.69) is 5.10 Å². The first-order valence-corrected chi connectivity index (χ1v) is 7.47. The van der Waals surface area contributed by atoms with Crippen molar-refractivity contribution in [3.05, 3.63) is 41.8 Å². The topological polar surface area (TPSA) is 55.1 Å². The van der Waals surface area contributed by atoms with E-state index in [1.807, 2.05) is 26.8 Å². The first-order chi connectivity index (χ1) is 9.77. The molecule has 6 heteroatoms. The Morgan fingerprint density at radius 2 is 2.10 bits per heavy atom. The SMILES string of the molecule is CC(C)(C)c1cc(SCC(=O)O)n(-c2cccc(F)c2)n1. The number of carboxylic acid groups (broad SMARTS) is 1. The molecular weight excluding hydrogens is 291 g/mol. The number of aromatic nitrogens is 2. The predicted octanol–water partition coefficient (Wildman–Crippen LogP) is 3.49. The summed E-state index contributed by atoms with van der Waals surface area (Å²) < 4.78 is 15.0. The molecule has 21 heavy (non-hydrogen) atoms. The van der Waals surface area contributed by atoms with Gasteiger partial charge in [-0.15, -0.1) is 0 Å². The highest BCUT2D eigenvalue weighted by molar-refractivity contribution is 7.99. The van der Waals surface area contributed by atoms with Crippen LogP contribution in [0.5, 0.6) is 0 Å². The van der Waals surface area contributed by atoms with Crippen molar-refractivity contribution in [3.63, 3.8) is 0 Å². The van der Waals surface area contributed by atoms with Crippen molar-refractivity contribution in [3.8, 4) is 5.69 Å². The molecule has 0 saturated carbocycles. The van der Waals surface area contributed by atoms with E-state index in [0.717, 1.165) is 5.69 Å². The monoisotopic (exact) mass is 308 g/mol. The van der Waals surface area contributed by atoms with Crippen molar-refractivity contribution in [2.75, 3.05) is 5.75 Å². The Morgan fingerprint density at radius 3 is 2.67 bits per heavy atom. The van der Waals surface area contributed by atoms with E-state index in [1.165, 1.54) is 23.9 Å². The third kappa shape index (κ3) is 3.85. The summed E-state index contributed by atoms with van der Waals surface area (Å²) in [5.74, 6) is -1.32. The first-order valence-electron chi connectivity index (χ1n) is 6.48. The fourth-order valence-corrected chi connectivity index (χ4v) is 2.50. The summed E-state index contributed by atoms with van der Waals surface area (Å²) in [7, 11) is 0. The Morgan fingerprint density at radius 1 is 1.38 bits per heavy atom. The number of thioether (sulfide) groups is 1. The number of hydrogen-bond donors (Lipinski definition) is 1. The maximum Gasteiger partial charge on any atom is 0.313 e. The molecule has 0 unspecified atom stereocenters. The van der Waals surface area contributed by atoms with Crippen LogP contribution in [0, 0.1) is 5.82 Å². The van der Waals surface area contributed by atoms with Crippen molar-refractivity contribution < 1.29 is 14.3 Å². The zero-order chi connectivity index (χ0) is 15.6. The van der Waals surface area contributed by atoms with E-state index in [4.69, 9.17) is 5.11 Å². The summed E-state index contributed by atoms with van der Waals surface area (Å²) in [6.45, 7) is 6.07. The molecule has 0 aliphatic carbocycles. The highest BCUT2D eigenvalue weighted by atomic mass is 32.2. The summed E-state index contributed by atoms with van der Waals surface area (Å²) in [6.07, 6.45) is 0. The molecule has 0 fully saturated rings. The Bertz CT molecular complexity index is 662. The summed E-state index contributed by atoms with van der Waals surface area (Å²) in [6, 6.07) is 7.95. The number of benzene rings is 1. The molecule has 0 radical (unpaired) electrons. The molecule has 1 N–H and O–H groups in total. The molecule has 1 aromatic heterocycles. The van der Waals surface area contributed by atoms with Crippen LogP contribution in [0.25, 0.3) is 5.69 Å². The minimum absolute atomic E-state index is 0.0649. The van der Waals surface area contributed by atoms with Gasteiger partial charge in [0.1, 0.15) is 10.8 Å². The van der Waals surface area contributed by atoms with Crippen molar-refractivity contribution in [2.24, 2.45) is 0 Å². The quantitative estimate of drug-likeness (QED) is 0.879. The van der Waals surface area contributed by atoms with E-state index in [0.29, 0.717) is 10.7 Å². The maximum absolute atomic E-state index is 13.4. The Hall–Kier alpha value is -1.82. The molecule has 0 amide bonds. The molecule has 0 bridgehead atoms. The minimum atomic E-state index is -0.899. The molecule has 2 rings (SSSR count). The van der Waals surface area contributed by atoms with Gasteiger partial charge in [0, 0.05) is 5.41 Å². The molecule has 0 aliphatic rings. The molecule has 0 saturated heterocycles. The van der Waals surface area contributed by atoms with E-state index >= 15 is 0 Å². The van der Waals surface area contributed by atoms with Crippen LogP contribution in [-0.4, -0.2) is 26.6 Å². The Balaban J connectivity index is 2.46. The van der Waals surface area contributed by atoms with E-state index in [9.17, 15) is 9.18 Å². The van der Waals surface area contributed by atoms with Crippen LogP contribution in [0.1, 0.15) is 26.5 Å². The molecule has 2 aromatic rings. The molecule has 112 valence electrons. The van der Waals surface area contributed by atoms with Gasteiger partial charge >= 0.3 is 5.97 Å². The summed E-state index contributed by atoms with van der Waals surface area (Å²) in [4.78, 5) is 10.8. The molecule has 0 atom stereocenters. The number of nitrogens with zero attached hydrogens (tertiary/aromatic N) is 2. The number of rotatable bonds is 4. The summed E-state index contributed by atoms with van der Waals surface area (Å²) in [5.41, 5.74) is 1.25. The van der Waals surface area contributed by atoms with E-state index in [1.54, 1.807) is 16.8 Å². The van der Waals surface area contributed by atoms with Gasteiger partial charge in [-0.1, -0.05) is 38.6 Å². The number of carbonyl (C=O) groups is 1. The van der Waals surface area contributed by atoms with E-state index < -0.39 is 5.97 Å². The second-order valence-electron chi connectivity index (χ2n) is 5.69. The van der Waals surface area contributed by atoms with E-state index in [-0.39, 0.29) is 17.0 Å². The zero-order valence-corrected chi connectivity index (χ0v) is 12.9. The highest BCUT2D eigenvalue weighted by Crippen LogP contribution is 2.29. The van der Waals surface area contributed by atoms with Crippen molar-refractivity contribution >= 4 is 17.7 Å². The molecule has 4 nitrogen and oxygen atoms in total. The van der Waals surface area contributed by atoms with Crippen LogP contribution in [0.4, 0.5) is 4.39 Å². The number of hydrogen-bond acceptors (Lipinski definition) is 3. The van der Waals surface area contributed by atoms with Crippen LogP contribution in [0.15, 0.2) is 35.4 Å². The van der Waals surface area contributed by atoms with Gasteiger partial charge in [0.2, 0.25) is 0 Å². The molecule has 1 aromatic carbocycles. The fourth-order valence-electron chi connectivity index (χ4n) is 1.76.